The number of nitrogens with two attached hydrogens (primary N) is 1. The van der Waals surface area contributed by atoms with Gasteiger partial charge in [-0.1, -0.05) is 0 Å². The first-order chi connectivity index (χ1) is 7.09. The maximum atomic E-state index is 11.0. The Kier molecular flexibility index (Phi) is 2.12. The molecule has 2 aromatic heterocycles. The summed E-state index contributed by atoms with van der Waals surface area (Å²) in [7, 11) is 0. The quantitative estimate of drug-likeness (QED) is 0.744. The number of carbonyl (C=O) groups is 2. The van der Waals surface area contributed by atoms with Crippen molar-refractivity contribution in [3.05, 3.63) is 11.2 Å². The zero-order valence-corrected chi connectivity index (χ0v) is 8.19. The largest absolute Gasteiger partial charge is 0.480 e. The monoisotopic (exact) mass is 226 g/mol. The topological polar surface area (TPSA) is 111 Å². The van der Waals surface area contributed by atoms with E-state index >= 15 is 0 Å². The number of hydrogen-bond acceptors (Lipinski definition) is 5. The summed E-state index contributed by atoms with van der Waals surface area (Å²) in [5.74, 6) is -1.75. The molecule has 2 rings (SSSR count). The van der Waals surface area contributed by atoms with Crippen molar-refractivity contribution in [3.63, 3.8) is 0 Å². The average molecular weight is 226 g/mol. The van der Waals surface area contributed by atoms with Crippen LogP contribution in [0.4, 0.5) is 0 Å². The van der Waals surface area contributed by atoms with Gasteiger partial charge in [0.15, 0.2) is 5.69 Å². The number of carboxylic acids is 1. The number of aliphatic carboxylic acids is 1. The van der Waals surface area contributed by atoms with Crippen molar-refractivity contribution >= 4 is 33.6 Å². The van der Waals surface area contributed by atoms with Gasteiger partial charge in [0.1, 0.15) is 16.9 Å². The number of hydrogen-bond donors (Lipinski definition) is 2. The lowest BCUT2D eigenvalue weighted by Gasteiger charge is -1.94. The molecule has 2 heterocycles. The first-order valence-corrected chi connectivity index (χ1v) is 4.79. The van der Waals surface area contributed by atoms with Gasteiger partial charge in [0.25, 0.3) is 5.91 Å². The second-order valence-electron chi connectivity index (χ2n) is 2.77. The van der Waals surface area contributed by atoms with Crippen molar-refractivity contribution in [2.24, 2.45) is 5.73 Å². The minimum Gasteiger partial charge on any atom is -0.480 e. The highest BCUT2D eigenvalue weighted by Gasteiger charge is 2.18. The summed E-state index contributed by atoms with van der Waals surface area (Å²) >= 11 is 1.21. The molecule has 0 bridgehead atoms. The molecule has 8 heteroatoms. The van der Waals surface area contributed by atoms with E-state index in [-0.39, 0.29) is 12.2 Å². The molecule has 0 atom stereocenters. The van der Waals surface area contributed by atoms with E-state index in [9.17, 15) is 9.59 Å². The zero-order valence-electron chi connectivity index (χ0n) is 7.38. The molecule has 78 valence electrons. The SMILES string of the molecule is NC(=O)c1nn(CC(=O)O)c2scnc12. The summed E-state index contributed by atoms with van der Waals surface area (Å²) in [6.07, 6.45) is 0. The van der Waals surface area contributed by atoms with Crippen molar-refractivity contribution < 1.29 is 14.7 Å². The Balaban J connectivity index is 2.60. The molecule has 0 saturated heterocycles. The molecule has 15 heavy (non-hydrogen) atoms. The third kappa shape index (κ3) is 1.54. The van der Waals surface area contributed by atoms with Gasteiger partial charge in [-0.2, -0.15) is 5.10 Å². The summed E-state index contributed by atoms with van der Waals surface area (Å²) < 4.78 is 1.20. The number of rotatable bonds is 3. The third-order valence-electron chi connectivity index (χ3n) is 1.75. The highest BCUT2D eigenvalue weighted by molar-refractivity contribution is 7.16. The lowest BCUT2D eigenvalue weighted by molar-refractivity contribution is -0.137. The first-order valence-electron chi connectivity index (χ1n) is 3.91. The lowest BCUT2D eigenvalue weighted by atomic mass is 10.4. The number of aromatic nitrogens is 3. The number of carbonyl (C=O) groups excluding carboxylic acids is 1. The highest BCUT2D eigenvalue weighted by Crippen LogP contribution is 2.20. The standard InChI is InChI=1S/C7H6N4O3S/c8-6(14)4-5-7(15-2-9-5)11(10-4)1-3(12)13/h2H,1H2,(H2,8,14)(H,12,13). The molecule has 0 saturated carbocycles. The van der Waals surface area contributed by atoms with E-state index < -0.39 is 11.9 Å². The Labute approximate surface area is 87.1 Å². The number of primary amides is 1. The maximum absolute atomic E-state index is 11.0. The van der Waals surface area contributed by atoms with Crippen LogP contribution in [0.5, 0.6) is 0 Å². The number of nitrogens with zero attached hydrogens (tertiary/aromatic N) is 3. The molecule has 0 radical (unpaired) electrons. The summed E-state index contributed by atoms with van der Waals surface area (Å²) in [6.45, 7) is -0.314. The van der Waals surface area contributed by atoms with Gasteiger partial charge in [0, 0.05) is 0 Å². The van der Waals surface area contributed by atoms with Gasteiger partial charge < -0.3 is 10.8 Å². The molecule has 0 unspecified atom stereocenters. The van der Waals surface area contributed by atoms with Gasteiger partial charge in [-0.15, -0.1) is 11.3 Å². The summed E-state index contributed by atoms with van der Waals surface area (Å²) in [4.78, 5) is 25.9. The Morgan fingerprint density at radius 2 is 2.33 bits per heavy atom. The van der Waals surface area contributed by atoms with Crippen LogP contribution in [0.15, 0.2) is 5.51 Å². The predicted molar refractivity (Wildman–Crippen MR) is 51.6 cm³/mol. The van der Waals surface area contributed by atoms with Crippen LogP contribution in [-0.4, -0.2) is 31.7 Å². The van der Waals surface area contributed by atoms with E-state index in [1.165, 1.54) is 21.5 Å². The molecule has 0 fully saturated rings. The van der Waals surface area contributed by atoms with Gasteiger partial charge in [-0.05, 0) is 0 Å². The third-order valence-corrected chi connectivity index (χ3v) is 2.58. The fourth-order valence-electron chi connectivity index (χ4n) is 1.20. The highest BCUT2D eigenvalue weighted by atomic mass is 32.1. The predicted octanol–water partition coefficient (Wildman–Crippen LogP) is -0.324. The summed E-state index contributed by atoms with van der Waals surface area (Å²) in [6, 6.07) is 0. The van der Waals surface area contributed by atoms with Gasteiger partial charge in [-0.25, -0.2) is 9.67 Å². The Bertz CT molecular complexity index is 543. The van der Waals surface area contributed by atoms with E-state index in [1.54, 1.807) is 0 Å². The van der Waals surface area contributed by atoms with Crippen molar-refractivity contribution in [2.45, 2.75) is 6.54 Å². The van der Waals surface area contributed by atoms with Crippen molar-refractivity contribution in [1.82, 2.24) is 14.8 Å². The molecule has 0 aliphatic heterocycles. The molecule has 0 aromatic carbocycles. The molecule has 0 aliphatic rings. The van der Waals surface area contributed by atoms with Gasteiger partial charge in [0.05, 0.1) is 5.51 Å². The fraction of sp³-hybridized carbons (Fsp3) is 0.143. The second-order valence-corrected chi connectivity index (χ2v) is 3.60. The number of fused-ring (bicyclic) bond motifs is 1. The minimum atomic E-state index is -1.04. The van der Waals surface area contributed by atoms with E-state index in [2.05, 4.69) is 10.1 Å². The zero-order chi connectivity index (χ0) is 11.0. The number of amides is 1. The molecule has 7 nitrogen and oxygen atoms in total. The second kappa shape index (κ2) is 3.31. The molecule has 1 amide bonds. The summed E-state index contributed by atoms with van der Waals surface area (Å²) in [5.41, 5.74) is 6.96. The van der Waals surface area contributed by atoms with Crippen LogP contribution in [0.3, 0.4) is 0 Å². The van der Waals surface area contributed by atoms with Crippen LogP contribution in [0.25, 0.3) is 10.3 Å². The van der Waals surface area contributed by atoms with Gasteiger partial charge in [0.2, 0.25) is 0 Å². The first kappa shape index (κ1) is 9.59. The Morgan fingerprint density at radius 1 is 1.60 bits per heavy atom. The Hall–Kier alpha value is -1.96. The smallest absolute Gasteiger partial charge is 0.325 e. The maximum Gasteiger partial charge on any atom is 0.325 e. The van der Waals surface area contributed by atoms with Gasteiger partial charge >= 0.3 is 5.97 Å². The van der Waals surface area contributed by atoms with E-state index in [0.717, 1.165) is 0 Å². The normalized spacial score (nSPS) is 10.7. The fourth-order valence-corrected chi connectivity index (χ4v) is 1.95. The van der Waals surface area contributed by atoms with E-state index in [1.807, 2.05) is 0 Å². The van der Waals surface area contributed by atoms with Crippen molar-refractivity contribution in [2.75, 3.05) is 0 Å². The van der Waals surface area contributed by atoms with Crippen molar-refractivity contribution in [1.29, 1.82) is 0 Å². The van der Waals surface area contributed by atoms with E-state index in [0.29, 0.717) is 10.3 Å². The van der Waals surface area contributed by atoms with Crippen LogP contribution in [-0.2, 0) is 11.3 Å². The minimum absolute atomic E-state index is 0.00694. The van der Waals surface area contributed by atoms with Crippen LogP contribution in [0, 0.1) is 0 Å². The summed E-state index contributed by atoms with van der Waals surface area (Å²) in [5, 5.41) is 12.4. The molecule has 0 aliphatic carbocycles. The van der Waals surface area contributed by atoms with Crippen LogP contribution in [0.2, 0.25) is 0 Å². The molecular formula is C7H6N4O3S. The van der Waals surface area contributed by atoms with Crippen LogP contribution in [0.1, 0.15) is 10.5 Å². The molecule has 0 spiro atoms. The number of thiazole rings is 1. The van der Waals surface area contributed by atoms with Crippen LogP contribution >= 0.6 is 11.3 Å². The average Bonchev–Trinajstić information content (AvgIpc) is 2.66. The Morgan fingerprint density at radius 3 is 2.93 bits per heavy atom. The van der Waals surface area contributed by atoms with Gasteiger partial charge in [-0.3, -0.25) is 9.59 Å². The lowest BCUT2D eigenvalue weighted by Crippen LogP contribution is -2.15. The van der Waals surface area contributed by atoms with E-state index in [4.69, 9.17) is 10.8 Å². The van der Waals surface area contributed by atoms with Crippen molar-refractivity contribution in [3.8, 4) is 0 Å². The van der Waals surface area contributed by atoms with Crippen LogP contribution < -0.4 is 5.73 Å². The molecule has 3 N–H and O–H groups in total. The number of carboxylic acid groups (broad SMARTS) is 1. The molecule has 2 aromatic rings. The molecular weight excluding hydrogens is 220 g/mol.